The third kappa shape index (κ3) is 4.42. The highest BCUT2D eigenvalue weighted by molar-refractivity contribution is 4.78. The number of nitrogens with zero attached hydrogens (tertiary/aromatic N) is 1. The Morgan fingerprint density at radius 2 is 2.00 bits per heavy atom. The van der Waals surface area contributed by atoms with Gasteiger partial charge >= 0.3 is 0 Å². The van der Waals surface area contributed by atoms with Crippen molar-refractivity contribution in [3.05, 3.63) is 0 Å². The fourth-order valence-electron chi connectivity index (χ4n) is 2.22. The Kier molecular flexibility index (Phi) is 5.26. The summed E-state index contributed by atoms with van der Waals surface area (Å²) in [6.45, 7) is 15.2. The Morgan fingerprint density at radius 3 is 2.56 bits per heavy atom. The molecule has 0 aromatic rings. The second kappa shape index (κ2) is 6.02. The van der Waals surface area contributed by atoms with Crippen molar-refractivity contribution in [3.8, 4) is 0 Å². The minimum Gasteiger partial charge on any atom is -0.312 e. The van der Waals surface area contributed by atoms with Crippen LogP contribution in [0.5, 0.6) is 0 Å². The highest BCUT2D eigenvalue weighted by Gasteiger charge is 2.21. The summed E-state index contributed by atoms with van der Waals surface area (Å²) in [5.41, 5.74) is 0.369. The van der Waals surface area contributed by atoms with E-state index in [1.54, 1.807) is 0 Å². The van der Waals surface area contributed by atoms with Gasteiger partial charge in [-0.2, -0.15) is 0 Å². The van der Waals surface area contributed by atoms with Crippen LogP contribution in [0.25, 0.3) is 0 Å². The monoisotopic (exact) mass is 226 g/mol. The van der Waals surface area contributed by atoms with Crippen molar-refractivity contribution < 1.29 is 0 Å². The molecule has 2 unspecified atom stereocenters. The summed E-state index contributed by atoms with van der Waals surface area (Å²) in [6, 6.07) is 1.38. The van der Waals surface area contributed by atoms with Crippen molar-refractivity contribution in [1.82, 2.24) is 10.2 Å². The predicted molar refractivity (Wildman–Crippen MR) is 71.8 cm³/mol. The van der Waals surface area contributed by atoms with Crippen LogP contribution >= 0.6 is 0 Å². The number of nitrogens with one attached hydrogen (secondary N) is 1. The maximum absolute atomic E-state index is 3.65. The molecule has 0 saturated carbocycles. The SMILES string of the molecule is CC1CCCCN1CCNC(C)C(C)(C)C. The van der Waals surface area contributed by atoms with Crippen LogP contribution in [-0.2, 0) is 0 Å². The van der Waals surface area contributed by atoms with E-state index >= 15 is 0 Å². The van der Waals surface area contributed by atoms with Crippen LogP contribution in [0, 0.1) is 5.41 Å². The van der Waals surface area contributed by atoms with Crippen LogP contribution in [-0.4, -0.2) is 36.6 Å². The number of rotatable bonds is 4. The topological polar surface area (TPSA) is 15.3 Å². The fourth-order valence-corrected chi connectivity index (χ4v) is 2.22. The zero-order valence-electron chi connectivity index (χ0n) is 11.8. The normalized spacial score (nSPS) is 25.7. The van der Waals surface area contributed by atoms with Crippen LogP contribution in [0.3, 0.4) is 0 Å². The first-order chi connectivity index (χ1) is 7.41. The largest absolute Gasteiger partial charge is 0.312 e. The molecule has 1 fully saturated rings. The average molecular weight is 226 g/mol. The maximum atomic E-state index is 3.65. The van der Waals surface area contributed by atoms with E-state index in [4.69, 9.17) is 0 Å². The van der Waals surface area contributed by atoms with E-state index in [0.29, 0.717) is 11.5 Å². The molecule has 0 aromatic heterocycles. The molecule has 1 N–H and O–H groups in total. The van der Waals surface area contributed by atoms with E-state index in [-0.39, 0.29) is 0 Å². The first kappa shape index (κ1) is 14.0. The lowest BCUT2D eigenvalue weighted by molar-refractivity contribution is 0.156. The molecule has 2 nitrogen and oxygen atoms in total. The second-order valence-corrected chi connectivity index (χ2v) is 6.42. The van der Waals surface area contributed by atoms with Gasteiger partial charge in [0.2, 0.25) is 0 Å². The smallest absolute Gasteiger partial charge is 0.0110 e. The molecule has 1 aliphatic rings. The first-order valence-corrected chi connectivity index (χ1v) is 6.88. The molecule has 1 heterocycles. The maximum Gasteiger partial charge on any atom is 0.0110 e. The van der Waals surface area contributed by atoms with Gasteiger partial charge in [0.05, 0.1) is 0 Å². The molecule has 1 aliphatic heterocycles. The van der Waals surface area contributed by atoms with E-state index in [1.165, 1.54) is 32.4 Å². The van der Waals surface area contributed by atoms with Gasteiger partial charge in [-0.3, -0.25) is 4.90 Å². The standard InChI is InChI=1S/C14H30N2/c1-12-8-6-7-10-16(12)11-9-15-13(2)14(3,4)5/h12-13,15H,6-11H2,1-5H3. The molecule has 1 saturated heterocycles. The summed E-state index contributed by atoms with van der Waals surface area (Å²) in [4.78, 5) is 2.63. The van der Waals surface area contributed by atoms with E-state index in [2.05, 4.69) is 44.8 Å². The van der Waals surface area contributed by atoms with Crippen LogP contribution in [0.2, 0.25) is 0 Å². The average Bonchev–Trinajstić information content (AvgIpc) is 2.19. The van der Waals surface area contributed by atoms with E-state index in [1.807, 2.05) is 0 Å². The van der Waals surface area contributed by atoms with Gasteiger partial charge in [0.1, 0.15) is 0 Å². The summed E-state index contributed by atoms with van der Waals surface area (Å²) in [7, 11) is 0. The van der Waals surface area contributed by atoms with Crippen molar-refractivity contribution in [2.75, 3.05) is 19.6 Å². The van der Waals surface area contributed by atoms with Gasteiger partial charge in [-0.05, 0) is 38.6 Å². The summed E-state index contributed by atoms with van der Waals surface area (Å²) >= 11 is 0. The van der Waals surface area contributed by atoms with E-state index in [0.717, 1.165) is 12.6 Å². The molecule has 0 amide bonds. The third-order valence-corrected chi connectivity index (χ3v) is 4.09. The van der Waals surface area contributed by atoms with Gasteiger partial charge in [0.15, 0.2) is 0 Å². The number of likely N-dealkylation sites (tertiary alicyclic amines) is 1. The van der Waals surface area contributed by atoms with Crippen molar-refractivity contribution >= 4 is 0 Å². The number of hydrogen-bond donors (Lipinski definition) is 1. The van der Waals surface area contributed by atoms with E-state index in [9.17, 15) is 0 Å². The molecule has 2 atom stereocenters. The van der Waals surface area contributed by atoms with E-state index < -0.39 is 0 Å². The lowest BCUT2D eigenvalue weighted by atomic mass is 9.88. The lowest BCUT2D eigenvalue weighted by Crippen LogP contribution is -2.45. The summed E-state index contributed by atoms with van der Waals surface area (Å²) < 4.78 is 0. The van der Waals surface area contributed by atoms with Gasteiger partial charge in [0.25, 0.3) is 0 Å². The molecule has 96 valence electrons. The zero-order chi connectivity index (χ0) is 12.2. The van der Waals surface area contributed by atoms with Crippen LogP contribution in [0.1, 0.15) is 53.9 Å². The van der Waals surface area contributed by atoms with Crippen LogP contribution in [0.4, 0.5) is 0 Å². The molecule has 0 bridgehead atoms. The summed E-state index contributed by atoms with van der Waals surface area (Å²) in [5, 5.41) is 3.65. The van der Waals surface area contributed by atoms with Crippen LogP contribution < -0.4 is 5.32 Å². The Labute approximate surface area is 102 Å². The number of piperidine rings is 1. The van der Waals surface area contributed by atoms with Crippen molar-refractivity contribution in [3.63, 3.8) is 0 Å². The molecular weight excluding hydrogens is 196 g/mol. The third-order valence-electron chi connectivity index (χ3n) is 4.09. The Hall–Kier alpha value is -0.0800. The highest BCUT2D eigenvalue weighted by atomic mass is 15.2. The Morgan fingerprint density at radius 1 is 1.31 bits per heavy atom. The van der Waals surface area contributed by atoms with Crippen molar-refractivity contribution in [1.29, 1.82) is 0 Å². The minimum atomic E-state index is 0.369. The van der Waals surface area contributed by atoms with Crippen LogP contribution in [0.15, 0.2) is 0 Å². The Balaban J connectivity index is 2.19. The molecule has 16 heavy (non-hydrogen) atoms. The number of hydrogen-bond acceptors (Lipinski definition) is 2. The minimum absolute atomic E-state index is 0.369. The van der Waals surface area contributed by atoms with Crippen molar-refractivity contribution in [2.24, 2.45) is 5.41 Å². The van der Waals surface area contributed by atoms with Gasteiger partial charge in [0, 0.05) is 25.2 Å². The highest BCUT2D eigenvalue weighted by Crippen LogP contribution is 2.19. The van der Waals surface area contributed by atoms with Gasteiger partial charge in [-0.25, -0.2) is 0 Å². The Bertz CT molecular complexity index is 195. The van der Waals surface area contributed by atoms with Gasteiger partial charge in [-0.1, -0.05) is 27.2 Å². The molecule has 0 aromatic carbocycles. The molecule has 2 heteroatoms. The lowest BCUT2D eigenvalue weighted by Gasteiger charge is -2.35. The fraction of sp³-hybridized carbons (Fsp3) is 1.00. The first-order valence-electron chi connectivity index (χ1n) is 6.88. The second-order valence-electron chi connectivity index (χ2n) is 6.42. The summed E-state index contributed by atoms with van der Waals surface area (Å²) in [6.07, 6.45) is 4.19. The zero-order valence-corrected chi connectivity index (χ0v) is 11.8. The van der Waals surface area contributed by atoms with Gasteiger partial charge in [-0.15, -0.1) is 0 Å². The van der Waals surface area contributed by atoms with Crippen molar-refractivity contribution in [2.45, 2.75) is 66.0 Å². The quantitative estimate of drug-likeness (QED) is 0.793. The molecular formula is C14H30N2. The van der Waals surface area contributed by atoms with Gasteiger partial charge < -0.3 is 5.32 Å². The summed E-state index contributed by atoms with van der Waals surface area (Å²) in [5.74, 6) is 0. The molecule has 0 spiro atoms. The molecule has 1 rings (SSSR count). The molecule has 0 aliphatic carbocycles. The molecule has 0 radical (unpaired) electrons. The predicted octanol–water partition coefficient (Wildman–Crippen LogP) is 2.89.